The van der Waals surface area contributed by atoms with Crippen molar-refractivity contribution in [1.29, 1.82) is 0 Å². The molecule has 0 spiro atoms. The molecule has 2 N–H and O–H groups in total. The predicted molar refractivity (Wildman–Crippen MR) is 127 cm³/mol. The maximum Gasteiger partial charge on any atom is 0.117 e. The van der Waals surface area contributed by atoms with Crippen molar-refractivity contribution in [2.45, 2.75) is 30.7 Å². The average Bonchev–Trinajstić information content (AvgIpc) is 3.19. The molecule has 0 bridgehead atoms. The zero-order valence-electron chi connectivity index (χ0n) is 16.6. The van der Waals surface area contributed by atoms with Crippen molar-refractivity contribution in [2.75, 3.05) is 0 Å². The van der Waals surface area contributed by atoms with Crippen LogP contribution in [0.2, 0.25) is 0 Å². The fourth-order valence-corrected chi connectivity index (χ4v) is 4.98. The van der Waals surface area contributed by atoms with Gasteiger partial charge < -0.3 is 5.11 Å². The fraction of sp³-hybridized carbons (Fsp3) is 0.160. The number of phenolic OH excluding ortho intramolecular Hbond substituents is 1. The van der Waals surface area contributed by atoms with Crippen LogP contribution in [0, 0.1) is 11.8 Å². The third kappa shape index (κ3) is 5.22. The van der Waals surface area contributed by atoms with Gasteiger partial charge in [-0.25, -0.2) is 9.71 Å². The fourth-order valence-electron chi connectivity index (χ4n) is 3.09. The van der Waals surface area contributed by atoms with Crippen LogP contribution < -0.4 is 4.72 Å². The quantitative estimate of drug-likeness (QED) is 0.277. The van der Waals surface area contributed by atoms with Gasteiger partial charge in [0.2, 0.25) is 0 Å². The SMILES string of the molecule is CCC#Cc1cccc(CC(NSc2ccccc2)c2nc3ccc(O)cc3s2)c1. The van der Waals surface area contributed by atoms with E-state index in [1.807, 2.05) is 30.3 Å². The number of aromatic hydroxyl groups is 1. The van der Waals surface area contributed by atoms with Gasteiger partial charge in [-0.1, -0.05) is 49.1 Å². The van der Waals surface area contributed by atoms with E-state index in [0.29, 0.717) is 0 Å². The Kier molecular flexibility index (Phi) is 6.70. The van der Waals surface area contributed by atoms with Gasteiger partial charge in [-0.2, -0.15) is 0 Å². The molecule has 0 aliphatic rings. The second kappa shape index (κ2) is 9.82. The van der Waals surface area contributed by atoms with Gasteiger partial charge in [0.15, 0.2) is 0 Å². The van der Waals surface area contributed by atoms with Crippen LogP contribution in [0.5, 0.6) is 5.75 Å². The maximum atomic E-state index is 9.81. The van der Waals surface area contributed by atoms with E-state index in [4.69, 9.17) is 4.98 Å². The monoisotopic (exact) mass is 430 g/mol. The summed E-state index contributed by atoms with van der Waals surface area (Å²) in [5.41, 5.74) is 3.16. The third-order valence-corrected chi connectivity index (χ3v) is 6.57. The van der Waals surface area contributed by atoms with Crippen LogP contribution in [0.3, 0.4) is 0 Å². The van der Waals surface area contributed by atoms with Crippen molar-refractivity contribution in [2.24, 2.45) is 0 Å². The molecule has 150 valence electrons. The molecule has 1 unspecified atom stereocenters. The number of aromatic nitrogens is 1. The molecule has 1 aromatic heterocycles. The Balaban J connectivity index is 1.62. The number of fused-ring (bicyclic) bond motifs is 1. The first-order chi connectivity index (χ1) is 14.7. The number of thiazole rings is 1. The number of nitrogens with one attached hydrogen (secondary N) is 1. The van der Waals surface area contributed by atoms with E-state index < -0.39 is 0 Å². The zero-order valence-corrected chi connectivity index (χ0v) is 18.3. The Labute approximate surface area is 185 Å². The van der Waals surface area contributed by atoms with Crippen molar-refractivity contribution in [1.82, 2.24) is 9.71 Å². The van der Waals surface area contributed by atoms with Crippen molar-refractivity contribution in [3.05, 3.63) is 88.9 Å². The van der Waals surface area contributed by atoms with Crippen LogP contribution in [-0.4, -0.2) is 10.1 Å². The lowest BCUT2D eigenvalue weighted by Gasteiger charge is -2.16. The van der Waals surface area contributed by atoms with E-state index in [1.165, 1.54) is 5.56 Å². The Hall–Kier alpha value is -2.78. The number of rotatable bonds is 6. The average molecular weight is 431 g/mol. The smallest absolute Gasteiger partial charge is 0.117 e. The Bertz CT molecular complexity index is 1190. The molecule has 0 fully saturated rings. The lowest BCUT2D eigenvalue weighted by atomic mass is 10.0. The largest absolute Gasteiger partial charge is 0.508 e. The van der Waals surface area contributed by atoms with Gasteiger partial charge in [-0.15, -0.1) is 11.3 Å². The van der Waals surface area contributed by atoms with Crippen LogP contribution in [0.25, 0.3) is 10.2 Å². The predicted octanol–water partition coefficient (Wildman–Crippen LogP) is 6.34. The number of hydrogen-bond acceptors (Lipinski definition) is 5. The summed E-state index contributed by atoms with van der Waals surface area (Å²) in [6.07, 6.45) is 1.65. The van der Waals surface area contributed by atoms with Gasteiger partial charge in [0, 0.05) is 16.9 Å². The van der Waals surface area contributed by atoms with Crippen LogP contribution in [0.15, 0.2) is 77.7 Å². The van der Waals surface area contributed by atoms with E-state index >= 15 is 0 Å². The van der Waals surface area contributed by atoms with E-state index in [2.05, 4.69) is 53.8 Å². The van der Waals surface area contributed by atoms with Gasteiger partial charge in [-0.3, -0.25) is 0 Å². The first kappa shape index (κ1) is 20.5. The summed E-state index contributed by atoms with van der Waals surface area (Å²) in [7, 11) is 0. The van der Waals surface area contributed by atoms with E-state index in [1.54, 1.807) is 35.4 Å². The standard InChI is InChI=1S/C25H22N2OS2/c1-2-3-8-18-9-7-10-19(15-18)16-23(27-30-21-11-5-4-6-12-21)25-26-22-14-13-20(28)17-24(22)29-25/h4-7,9-15,17,23,27-28H,2,16H2,1H3. The van der Waals surface area contributed by atoms with Crippen molar-refractivity contribution < 1.29 is 5.11 Å². The van der Waals surface area contributed by atoms with Crippen molar-refractivity contribution in [3.63, 3.8) is 0 Å². The third-order valence-electron chi connectivity index (χ3n) is 4.53. The molecule has 0 aliphatic heterocycles. The highest BCUT2D eigenvalue weighted by Gasteiger charge is 2.18. The Morgan fingerprint density at radius 1 is 1.07 bits per heavy atom. The van der Waals surface area contributed by atoms with Crippen LogP contribution in [-0.2, 0) is 6.42 Å². The van der Waals surface area contributed by atoms with E-state index in [0.717, 1.165) is 38.5 Å². The van der Waals surface area contributed by atoms with Gasteiger partial charge in [0.05, 0.1) is 16.3 Å². The summed E-state index contributed by atoms with van der Waals surface area (Å²) in [5.74, 6) is 6.63. The molecule has 5 heteroatoms. The molecular formula is C25H22N2OS2. The highest BCUT2D eigenvalue weighted by Crippen LogP contribution is 2.32. The molecule has 0 saturated carbocycles. The van der Waals surface area contributed by atoms with Gasteiger partial charge in [0.1, 0.15) is 10.8 Å². The van der Waals surface area contributed by atoms with E-state index in [9.17, 15) is 5.11 Å². The second-order valence-electron chi connectivity index (χ2n) is 6.85. The number of phenols is 1. The van der Waals surface area contributed by atoms with Crippen LogP contribution in [0.4, 0.5) is 0 Å². The molecule has 30 heavy (non-hydrogen) atoms. The number of hydrogen-bond donors (Lipinski definition) is 2. The lowest BCUT2D eigenvalue weighted by Crippen LogP contribution is -2.16. The Morgan fingerprint density at radius 2 is 1.93 bits per heavy atom. The zero-order chi connectivity index (χ0) is 20.8. The number of benzene rings is 3. The topological polar surface area (TPSA) is 45.2 Å². The van der Waals surface area contributed by atoms with Crippen molar-refractivity contribution in [3.8, 4) is 17.6 Å². The summed E-state index contributed by atoms with van der Waals surface area (Å²) in [5, 5.41) is 10.8. The number of nitrogens with zero attached hydrogens (tertiary/aromatic N) is 1. The summed E-state index contributed by atoms with van der Waals surface area (Å²) >= 11 is 3.23. The minimum atomic E-state index is 0.0316. The molecule has 0 amide bonds. The molecule has 1 heterocycles. The molecule has 0 aliphatic carbocycles. The second-order valence-corrected chi connectivity index (χ2v) is 8.82. The Morgan fingerprint density at radius 3 is 2.77 bits per heavy atom. The molecular weight excluding hydrogens is 408 g/mol. The maximum absolute atomic E-state index is 9.81. The van der Waals surface area contributed by atoms with Crippen LogP contribution >= 0.6 is 23.3 Å². The molecule has 3 aromatic carbocycles. The molecule has 3 nitrogen and oxygen atoms in total. The summed E-state index contributed by atoms with van der Waals surface area (Å²) in [4.78, 5) is 5.99. The molecule has 1 atom stereocenters. The molecule has 4 aromatic rings. The first-order valence-corrected chi connectivity index (χ1v) is 11.5. The highest BCUT2D eigenvalue weighted by atomic mass is 32.2. The van der Waals surface area contributed by atoms with Gasteiger partial charge in [0.25, 0.3) is 0 Å². The lowest BCUT2D eigenvalue weighted by molar-refractivity contribution is 0.476. The minimum Gasteiger partial charge on any atom is -0.508 e. The van der Waals surface area contributed by atoms with Gasteiger partial charge in [-0.05, 0) is 66.4 Å². The highest BCUT2D eigenvalue weighted by molar-refractivity contribution is 7.97. The van der Waals surface area contributed by atoms with Crippen molar-refractivity contribution >= 4 is 33.5 Å². The summed E-state index contributed by atoms with van der Waals surface area (Å²) in [6, 6.07) is 24.0. The van der Waals surface area contributed by atoms with Gasteiger partial charge >= 0.3 is 0 Å². The normalized spacial score (nSPS) is 11.8. The first-order valence-electron chi connectivity index (χ1n) is 9.86. The molecule has 0 radical (unpaired) electrons. The molecule has 4 rings (SSSR count). The minimum absolute atomic E-state index is 0.0316. The summed E-state index contributed by atoms with van der Waals surface area (Å²) < 4.78 is 4.59. The summed E-state index contributed by atoms with van der Waals surface area (Å²) in [6.45, 7) is 2.06. The van der Waals surface area contributed by atoms with E-state index in [-0.39, 0.29) is 11.8 Å². The van der Waals surface area contributed by atoms with Crippen LogP contribution in [0.1, 0.15) is 35.5 Å². The molecule has 0 saturated heterocycles.